The van der Waals surface area contributed by atoms with Crippen LogP contribution in [0.4, 0.5) is 5.69 Å². The second kappa shape index (κ2) is 10.3. The predicted molar refractivity (Wildman–Crippen MR) is 127 cm³/mol. The minimum Gasteiger partial charge on any atom is -0.382 e. The predicted octanol–water partition coefficient (Wildman–Crippen LogP) is 5.90. The average Bonchev–Trinajstić information content (AvgIpc) is 3.15. The van der Waals surface area contributed by atoms with Crippen LogP contribution < -0.4 is 10.7 Å². The van der Waals surface area contributed by atoms with Crippen LogP contribution in [0.3, 0.4) is 0 Å². The van der Waals surface area contributed by atoms with E-state index >= 15 is 0 Å². The van der Waals surface area contributed by atoms with Gasteiger partial charge in [0.1, 0.15) is 0 Å². The van der Waals surface area contributed by atoms with E-state index in [1.807, 2.05) is 18.1 Å². The van der Waals surface area contributed by atoms with E-state index in [1.54, 1.807) is 0 Å². The fraction of sp³-hybridized carbons (Fsp3) is 0.385. The quantitative estimate of drug-likeness (QED) is 0.370. The molecule has 154 valence electrons. The molecule has 0 bridgehead atoms. The van der Waals surface area contributed by atoms with Gasteiger partial charge in [-0.3, -0.25) is 0 Å². The normalized spacial score (nSPS) is 13.2. The highest BCUT2D eigenvalue weighted by Gasteiger charge is 2.21. The molecular formula is C26H35N3. The minimum atomic E-state index is 0.451. The van der Waals surface area contributed by atoms with Crippen LogP contribution in [-0.2, 0) is 12.8 Å². The molecule has 0 fully saturated rings. The molecule has 1 aliphatic carbocycles. The zero-order chi connectivity index (χ0) is 20.6. The maximum Gasteiger partial charge on any atom is 0.0523 e. The van der Waals surface area contributed by atoms with Gasteiger partial charge in [0.05, 0.1) is 5.70 Å². The Kier molecular flexibility index (Phi) is 7.54. The van der Waals surface area contributed by atoms with Crippen molar-refractivity contribution in [2.75, 3.05) is 18.9 Å². The maximum atomic E-state index is 4.30. The van der Waals surface area contributed by atoms with Crippen LogP contribution in [0, 0.1) is 0 Å². The average molecular weight is 390 g/mol. The summed E-state index contributed by atoms with van der Waals surface area (Å²) in [5.74, 6) is 0. The second-order valence-corrected chi connectivity index (χ2v) is 8.00. The van der Waals surface area contributed by atoms with Gasteiger partial charge < -0.3 is 10.3 Å². The van der Waals surface area contributed by atoms with Crippen molar-refractivity contribution in [2.24, 2.45) is 0 Å². The van der Waals surface area contributed by atoms with Gasteiger partial charge in [-0.25, -0.2) is 5.43 Å². The largest absolute Gasteiger partial charge is 0.382 e. The summed E-state index contributed by atoms with van der Waals surface area (Å²) in [6, 6.07) is 15.7. The van der Waals surface area contributed by atoms with Crippen LogP contribution in [0.15, 0.2) is 55.6 Å². The molecule has 3 nitrogen and oxygen atoms in total. The van der Waals surface area contributed by atoms with E-state index in [2.05, 4.69) is 73.3 Å². The summed E-state index contributed by atoms with van der Waals surface area (Å²) in [6.45, 7) is 11.5. The van der Waals surface area contributed by atoms with E-state index < -0.39 is 0 Å². The lowest BCUT2D eigenvalue weighted by Gasteiger charge is -2.25. The smallest absolute Gasteiger partial charge is 0.0523 e. The van der Waals surface area contributed by atoms with Crippen molar-refractivity contribution in [1.29, 1.82) is 0 Å². The Bertz CT molecular complexity index is 815. The van der Waals surface area contributed by atoms with E-state index in [0.29, 0.717) is 6.04 Å². The SMILES string of the molecule is C=Cc1cc(NC2Cc3ccccc3C2)ccc1C(=C)N(C)NCCCCCC. The first-order chi connectivity index (χ1) is 14.1. The molecule has 0 amide bonds. The van der Waals surface area contributed by atoms with E-state index in [9.17, 15) is 0 Å². The second-order valence-electron chi connectivity index (χ2n) is 8.00. The molecule has 0 saturated carbocycles. The molecule has 0 spiro atoms. The first-order valence-electron chi connectivity index (χ1n) is 10.9. The number of hydrogen-bond donors (Lipinski definition) is 2. The molecule has 1 aliphatic rings. The zero-order valence-corrected chi connectivity index (χ0v) is 18.0. The first-order valence-corrected chi connectivity index (χ1v) is 10.9. The molecule has 0 saturated heterocycles. The number of nitrogens with one attached hydrogen (secondary N) is 2. The fourth-order valence-corrected chi connectivity index (χ4v) is 4.06. The summed E-state index contributed by atoms with van der Waals surface area (Å²) in [7, 11) is 2.04. The van der Waals surface area contributed by atoms with E-state index in [4.69, 9.17) is 0 Å². The van der Waals surface area contributed by atoms with Gasteiger partial charge in [0.2, 0.25) is 0 Å². The lowest BCUT2D eigenvalue weighted by atomic mass is 10.0. The van der Waals surface area contributed by atoms with Crippen molar-refractivity contribution in [3.63, 3.8) is 0 Å². The third kappa shape index (κ3) is 5.51. The van der Waals surface area contributed by atoms with Gasteiger partial charge in [-0.1, -0.05) is 75.8 Å². The van der Waals surface area contributed by atoms with Crippen molar-refractivity contribution < 1.29 is 0 Å². The molecule has 3 heteroatoms. The number of nitrogens with zero attached hydrogens (tertiary/aromatic N) is 1. The number of benzene rings is 2. The van der Waals surface area contributed by atoms with Crippen molar-refractivity contribution in [3.05, 3.63) is 77.9 Å². The van der Waals surface area contributed by atoms with Gasteiger partial charge in [0.15, 0.2) is 0 Å². The molecule has 2 aromatic carbocycles. The number of unbranched alkanes of at least 4 members (excludes halogenated alkanes) is 3. The zero-order valence-electron chi connectivity index (χ0n) is 18.0. The molecule has 29 heavy (non-hydrogen) atoms. The molecule has 0 unspecified atom stereocenters. The number of hydrogen-bond acceptors (Lipinski definition) is 3. The number of rotatable bonds is 11. The standard InChI is InChI=1S/C26H35N3/c1-5-7-8-11-16-27-29(4)20(3)26-15-14-24(17-21(26)6-2)28-25-18-22-12-9-10-13-23(22)19-25/h6,9-10,12-15,17,25,27-28H,2-3,5,7-8,11,16,18-19H2,1,4H3. The Hall–Kier alpha value is -2.52. The third-order valence-corrected chi connectivity index (χ3v) is 5.79. The Morgan fingerprint density at radius 2 is 1.83 bits per heavy atom. The van der Waals surface area contributed by atoms with Crippen LogP contribution in [0.5, 0.6) is 0 Å². The Labute approximate surface area is 176 Å². The van der Waals surface area contributed by atoms with Crippen LogP contribution in [0.25, 0.3) is 11.8 Å². The molecule has 0 aliphatic heterocycles. The van der Waals surface area contributed by atoms with Crippen LogP contribution in [-0.4, -0.2) is 24.6 Å². The first kappa shape index (κ1) is 21.2. The topological polar surface area (TPSA) is 27.3 Å². The summed E-state index contributed by atoms with van der Waals surface area (Å²) >= 11 is 0. The summed E-state index contributed by atoms with van der Waals surface area (Å²) in [5.41, 5.74) is 10.7. The lowest BCUT2D eigenvalue weighted by Crippen LogP contribution is -2.33. The molecule has 0 aromatic heterocycles. The number of anilines is 1. The van der Waals surface area contributed by atoms with Gasteiger partial charge in [-0.2, -0.15) is 0 Å². The van der Waals surface area contributed by atoms with E-state index in [0.717, 1.165) is 41.9 Å². The third-order valence-electron chi connectivity index (χ3n) is 5.79. The molecule has 0 heterocycles. The molecular weight excluding hydrogens is 354 g/mol. The summed E-state index contributed by atoms with van der Waals surface area (Å²) in [5, 5.41) is 5.74. The maximum absolute atomic E-state index is 4.30. The van der Waals surface area contributed by atoms with Crippen LogP contribution >= 0.6 is 0 Å². The highest BCUT2D eigenvalue weighted by molar-refractivity contribution is 5.74. The highest BCUT2D eigenvalue weighted by Crippen LogP contribution is 2.28. The number of hydrazine groups is 1. The highest BCUT2D eigenvalue weighted by atomic mass is 15.5. The van der Waals surface area contributed by atoms with Crippen LogP contribution in [0.1, 0.15) is 54.9 Å². The van der Waals surface area contributed by atoms with Crippen molar-refractivity contribution in [1.82, 2.24) is 10.4 Å². The van der Waals surface area contributed by atoms with E-state index in [-0.39, 0.29) is 0 Å². The summed E-state index contributed by atoms with van der Waals surface area (Å²) in [4.78, 5) is 0. The van der Waals surface area contributed by atoms with Gasteiger partial charge in [-0.15, -0.1) is 0 Å². The molecule has 2 aromatic rings. The summed E-state index contributed by atoms with van der Waals surface area (Å²) in [6.07, 6.45) is 9.10. The Morgan fingerprint density at radius 3 is 2.48 bits per heavy atom. The van der Waals surface area contributed by atoms with Gasteiger partial charge >= 0.3 is 0 Å². The monoisotopic (exact) mass is 389 g/mol. The van der Waals surface area contributed by atoms with Crippen molar-refractivity contribution >= 4 is 17.5 Å². The fourth-order valence-electron chi connectivity index (χ4n) is 4.06. The molecule has 0 atom stereocenters. The van der Waals surface area contributed by atoms with Crippen molar-refractivity contribution in [2.45, 2.75) is 51.5 Å². The van der Waals surface area contributed by atoms with Gasteiger partial charge in [0.25, 0.3) is 0 Å². The van der Waals surface area contributed by atoms with Gasteiger partial charge in [-0.05, 0) is 48.1 Å². The summed E-state index contributed by atoms with van der Waals surface area (Å²) < 4.78 is 0. The van der Waals surface area contributed by atoms with E-state index in [1.165, 1.54) is 36.8 Å². The Balaban J connectivity index is 1.60. The molecule has 2 N–H and O–H groups in total. The van der Waals surface area contributed by atoms with Crippen molar-refractivity contribution in [3.8, 4) is 0 Å². The number of fused-ring (bicyclic) bond motifs is 1. The minimum absolute atomic E-state index is 0.451. The molecule has 0 radical (unpaired) electrons. The molecule has 3 rings (SSSR count). The lowest BCUT2D eigenvalue weighted by molar-refractivity contribution is 0.341. The van der Waals surface area contributed by atoms with Gasteiger partial charge in [0, 0.05) is 30.9 Å². The van der Waals surface area contributed by atoms with Crippen LogP contribution in [0.2, 0.25) is 0 Å². The Morgan fingerprint density at radius 1 is 1.10 bits per heavy atom.